The molecule has 0 aliphatic heterocycles. The number of nitrogens with zero attached hydrogens (tertiary/aromatic N) is 4. The minimum atomic E-state index is 0.637. The van der Waals surface area contributed by atoms with Crippen molar-refractivity contribution in [3.8, 4) is 0 Å². The topological polar surface area (TPSA) is 51.0 Å². The van der Waals surface area contributed by atoms with Gasteiger partial charge in [-0.05, 0) is 19.4 Å². The van der Waals surface area contributed by atoms with Crippen LogP contribution in [-0.2, 0) is 18.4 Å². The number of aldehydes is 1. The maximum Gasteiger partial charge on any atom is 0.228 e. The fourth-order valence-electron chi connectivity index (χ4n) is 1.98. The molecule has 0 unspecified atom stereocenters. The zero-order valence-corrected chi connectivity index (χ0v) is 11.9. The molecule has 1 aromatic carbocycles. The van der Waals surface area contributed by atoms with Crippen molar-refractivity contribution in [1.82, 2.24) is 14.8 Å². The Morgan fingerprint density at radius 1 is 1.35 bits per heavy atom. The molecule has 2 rings (SSSR count). The summed E-state index contributed by atoms with van der Waals surface area (Å²) in [7, 11) is 1.84. The van der Waals surface area contributed by atoms with Crippen molar-refractivity contribution >= 4 is 12.2 Å². The SMILES string of the molecule is C/C(C=O)=C/N(Cc1ccccc1)c1nc(C)nn1C. The lowest BCUT2D eigenvalue weighted by Crippen LogP contribution is -2.20. The molecular formula is C15H18N4O. The van der Waals surface area contributed by atoms with E-state index in [9.17, 15) is 4.79 Å². The Labute approximate surface area is 118 Å². The highest BCUT2D eigenvalue weighted by Gasteiger charge is 2.12. The molecular weight excluding hydrogens is 252 g/mol. The fourth-order valence-corrected chi connectivity index (χ4v) is 1.98. The normalized spacial score (nSPS) is 11.4. The monoisotopic (exact) mass is 270 g/mol. The Morgan fingerprint density at radius 3 is 2.60 bits per heavy atom. The molecule has 0 spiro atoms. The molecule has 2 aromatic rings. The van der Waals surface area contributed by atoms with E-state index in [1.165, 1.54) is 0 Å². The maximum absolute atomic E-state index is 10.9. The summed E-state index contributed by atoms with van der Waals surface area (Å²) in [6.45, 7) is 4.26. The van der Waals surface area contributed by atoms with Crippen molar-refractivity contribution in [2.24, 2.45) is 7.05 Å². The summed E-state index contributed by atoms with van der Waals surface area (Å²) in [6.07, 6.45) is 2.63. The largest absolute Gasteiger partial charge is 0.313 e. The highest BCUT2D eigenvalue weighted by atomic mass is 16.1. The minimum absolute atomic E-state index is 0.637. The van der Waals surface area contributed by atoms with Gasteiger partial charge in [0.15, 0.2) is 0 Å². The van der Waals surface area contributed by atoms with Crippen LogP contribution in [0.5, 0.6) is 0 Å². The first-order valence-corrected chi connectivity index (χ1v) is 6.42. The van der Waals surface area contributed by atoms with Crippen molar-refractivity contribution in [1.29, 1.82) is 0 Å². The number of aromatic nitrogens is 3. The summed E-state index contributed by atoms with van der Waals surface area (Å²) in [5.74, 6) is 1.42. The number of anilines is 1. The van der Waals surface area contributed by atoms with Crippen LogP contribution in [-0.4, -0.2) is 21.1 Å². The van der Waals surface area contributed by atoms with E-state index in [-0.39, 0.29) is 0 Å². The Kier molecular flexibility index (Phi) is 4.30. The molecule has 0 atom stereocenters. The predicted molar refractivity (Wildman–Crippen MR) is 78.2 cm³/mol. The van der Waals surface area contributed by atoms with Gasteiger partial charge in [0.25, 0.3) is 0 Å². The molecule has 20 heavy (non-hydrogen) atoms. The van der Waals surface area contributed by atoms with Crippen LogP contribution in [0.1, 0.15) is 18.3 Å². The van der Waals surface area contributed by atoms with E-state index < -0.39 is 0 Å². The van der Waals surface area contributed by atoms with Crippen LogP contribution in [0.3, 0.4) is 0 Å². The lowest BCUT2D eigenvalue weighted by molar-refractivity contribution is -0.104. The van der Waals surface area contributed by atoms with Gasteiger partial charge in [-0.1, -0.05) is 30.3 Å². The van der Waals surface area contributed by atoms with Gasteiger partial charge >= 0.3 is 0 Å². The number of carbonyl (C=O) groups is 1. The lowest BCUT2D eigenvalue weighted by atomic mass is 10.2. The van der Waals surface area contributed by atoms with Crippen LogP contribution in [0.2, 0.25) is 0 Å². The van der Waals surface area contributed by atoms with Gasteiger partial charge in [-0.25, -0.2) is 4.68 Å². The first kappa shape index (κ1) is 14.0. The molecule has 104 valence electrons. The number of allylic oxidation sites excluding steroid dienone is 1. The van der Waals surface area contributed by atoms with Gasteiger partial charge in [0, 0.05) is 18.8 Å². The summed E-state index contributed by atoms with van der Waals surface area (Å²) in [4.78, 5) is 17.2. The summed E-state index contributed by atoms with van der Waals surface area (Å²) >= 11 is 0. The van der Waals surface area contributed by atoms with Crippen LogP contribution < -0.4 is 4.90 Å². The third-order valence-electron chi connectivity index (χ3n) is 2.84. The Hall–Kier alpha value is -2.43. The summed E-state index contributed by atoms with van der Waals surface area (Å²) < 4.78 is 1.72. The molecule has 0 fully saturated rings. The van der Waals surface area contributed by atoms with Gasteiger partial charge in [-0.3, -0.25) is 4.79 Å². The van der Waals surface area contributed by atoms with Gasteiger partial charge in [0.1, 0.15) is 12.1 Å². The van der Waals surface area contributed by atoms with Crippen molar-refractivity contribution in [3.63, 3.8) is 0 Å². The second kappa shape index (κ2) is 6.14. The molecule has 0 N–H and O–H groups in total. The third kappa shape index (κ3) is 3.32. The molecule has 5 heteroatoms. The molecule has 0 radical (unpaired) electrons. The molecule has 0 saturated carbocycles. The van der Waals surface area contributed by atoms with Gasteiger partial charge in [0.05, 0.1) is 6.54 Å². The molecule has 0 amide bonds. The van der Waals surface area contributed by atoms with Gasteiger partial charge in [-0.2, -0.15) is 10.1 Å². The highest BCUT2D eigenvalue weighted by molar-refractivity contribution is 5.73. The van der Waals surface area contributed by atoms with E-state index in [1.54, 1.807) is 17.8 Å². The number of hydrogen-bond donors (Lipinski definition) is 0. The summed E-state index contributed by atoms with van der Waals surface area (Å²) in [5, 5.41) is 4.25. The van der Waals surface area contributed by atoms with Crippen molar-refractivity contribution < 1.29 is 4.79 Å². The van der Waals surface area contributed by atoms with E-state index in [1.807, 2.05) is 49.2 Å². The number of hydrogen-bond acceptors (Lipinski definition) is 4. The first-order chi connectivity index (χ1) is 9.60. The second-order valence-electron chi connectivity index (χ2n) is 4.69. The van der Waals surface area contributed by atoms with Gasteiger partial charge in [-0.15, -0.1) is 0 Å². The molecule has 0 saturated heterocycles. The van der Waals surface area contributed by atoms with Crippen LogP contribution in [0.25, 0.3) is 0 Å². The van der Waals surface area contributed by atoms with Crippen molar-refractivity contribution in [2.75, 3.05) is 4.90 Å². The Morgan fingerprint density at radius 2 is 2.05 bits per heavy atom. The fraction of sp³-hybridized carbons (Fsp3) is 0.267. The molecule has 0 bridgehead atoms. The van der Waals surface area contributed by atoms with Crippen molar-refractivity contribution in [2.45, 2.75) is 20.4 Å². The highest BCUT2D eigenvalue weighted by Crippen LogP contribution is 2.16. The molecule has 1 aromatic heterocycles. The van der Waals surface area contributed by atoms with E-state index in [4.69, 9.17) is 0 Å². The zero-order valence-electron chi connectivity index (χ0n) is 11.9. The van der Waals surface area contributed by atoms with Gasteiger partial charge in [0.2, 0.25) is 5.95 Å². The predicted octanol–water partition coefficient (Wildman–Crippen LogP) is 2.23. The Bertz CT molecular complexity index is 616. The van der Waals surface area contributed by atoms with E-state index in [0.29, 0.717) is 23.9 Å². The summed E-state index contributed by atoms with van der Waals surface area (Å²) in [5.41, 5.74) is 1.78. The lowest BCUT2D eigenvalue weighted by Gasteiger charge is -2.19. The van der Waals surface area contributed by atoms with E-state index >= 15 is 0 Å². The standard InChI is InChI=1S/C15H18N4O/c1-12(11-20)9-19(10-14-7-5-4-6-8-14)15-16-13(2)17-18(15)3/h4-9,11H,10H2,1-3H3/b12-9-. The van der Waals surface area contributed by atoms with Crippen LogP contribution in [0.4, 0.5) is 5.95 Å². The second-order valence-corrected chi connectivity index (χ2v) is 4.69. The quantitative estimate of drug-likeness (QED) is 0.617. The van der Waals surface area contributed by atoms with Crippen LogP contribution in [0.15, 0.2) is 42.1 Å². The third-order valence-corrected chi connectivity index (χ3v) is 2.84. The van der Waals surface area contributed by atoms with E-state index in [0.717, 1.165) is 11.8 Å². The average Bonchev–Trinajstić information content (AvgIpc) is 2.78. The maximum atomic E-state index is 10.9. The first-order valence-electron chi connectivity index (χ1n) is 6.42. The molecule has 5 nitrogen and oxygen atoms in total. The average molecular weight is 270 g/mol. The zero-order chi connectivity index (χ0) is 14.5. The smallest absolute Gasteiger partial charge is 0.228 e. The van der Waals surface area contributed by atoms with Crippen LogP contribution in [0, 0.1) is 6.92 Å². The number of aryl methyl sites for hydroxylation is 2. The van der Waals surface area contributed by atoms with Crippen molar-refractivity contribution in [3.05, 3.63) is 53.5 Å². The molecule has 0 aliphatic carbocycles. The Balaban J connectivity index is 2.35. The number of rotatable bonds is 5. The molecule has 1 heterocycles. The number of carbonyl (C=O) groups excluding carboxylic acids is 1. The molecule has 0 aliphatic rings. The summed E-state index contributed by atoms with van der Waals surface area (Å²) in [6, 6.07) is 10.0. The number of benzene rings is 1. The minimum Gasteiger partial charge on any atom is -0.313 e. The van der Waals surface area contributed by atoms with Crippen LogP contribution >= 0.6 is 0 Å². The van der Waals surface area contributed by atoms with E-state index in [2.05, 4.69) is 10.1 Å². The van der Waals surface area contributed by atoms with Gasteiger partial charge < -0.3 is 4.90 Å².